The molecule has 0 aromatic carbocycles. The average Bonchev–Trinajstić information content (AvgIpc) is 2.38. The Morgan fingerprint density at radius 1 is 1.06 bits per heavy atom. The number of aromatic nitrogens is 2. The van der Waals surface area contributed by atoms with Crippen LogP contribution in [0.2, 0.25) is 0 Å². The first-order valence-corrected chi connectivity index (χ1v) is 6.76. The van der Waals surface area contributed by atoms with Crippen molar-refractivity contribution in [2.45, 2.75) is 39.5 Å². The van der Waals surface area contributed by atoms with Crippen molar-refractivity contribution in [3.63, 3.8) is 0 Å². The molecule has 0 radical (unpaired) electrons. The highest BCUT2D eigenvalue weighted by Crippen LogP contribution is 2.12. The second-order valence-electron chi connectivity index (χ2n) is 4.15. The first-order valence-electron chi connectivity index (χ1n) is 6.76. The number of anilines is 2. The van der Waals surface area contributed by atoms with Gasteiger partial charge >= 0.3 is 0 Å². The quantitative estimate of drug-likeness (QED) is 0.587. The van der Waals surface area contributed by atoms with Crippen LogP contribution in [0, 0.1) is 0 Å². The third-order valence-corrected chi connectivity index (χ3v) is 2.59. The van der Waals surface area contributed by atoms with Crippen LogP contribution in [0.3, 0.4) is 0 Å². The molecule has 0 atom stereocenters. The molecular weight excluding hydrogens is 228 g/mol. The maximum absolute atomic E-state index is 8.70. The molecule has 3 N–H and O–H groups in total. The third kappa shape index (κ3) is 5.31. The highest BCUT2D eigenvalue weighted by Gasteiger charge is 2.02. The van der Waals surface area contributed by atoms with Gasteiger partial charge in [-0.1, -0.05) is 6.92 Å². The van der Waals surface area contributed by atoms with Crippen molar-refractivity contribution >= 4 is 11.6 Å². The van der Waals surface area contributed by atoms with Gasteiger partial charge in [-0.2, -0.15) is 0 Å². The van der Waals surface area contributed by atoms with Gasteiger partial charge in [0.05, 0.1) is 0 Å². The van der Waals surface area contributed by atoms with Crippen molar-refractivity contribution in [1.29, 1.82) is 0 Å². The second-order valence-corrected chi connectivity index (χ2v) is 4.15. The summed E-state index contributed by atoms with van der Waals surface area (Å²) in [5.41, 5.74) is 0. The van der Waals surface area contributed by atoms with Crippen molar-refractivity contribution in [2.24, 2.45) is 0 Å². The van der Waals surface area contributed by atoms with Crippen LogP contribution in [-0.4, -0.2) is 34.8 Å². The van der Waals surface area contributed by atoms with Crippen molar-refractivity contribution < 1.29 is 5.11 Å². The fourth-order valence-corrected chi connectivity index (χ4v) is 1.65. The summed E-state index contributed by atoms with van der Waals surface area (Å²) in [5, 5.41) is 15.2. The fourth-order valence-electron chi connectivity index (χ4n) is 1.65. The van der Waals surface area contributed by atoms with Gasteiger partial charge in [-0.3, -0.25) is 0 Å². The zero-order valence-corrected chi connectivity index (χ0v) is 11.4. The lowest BCUT2D eigenvalue weighted by Crippen LogP contribution is -2.08. The van der Waals surface area contributed by atoms with Gasteiger partial charge in [0.2, 0.25) is 0 Å². The van der Waals surface area contributed by atoms with E-state index < -0.39 is 0 Å². The van der Waals surface area contributed by atoms with Crippen molar-refractivity contribution in [1.82, 2.24) is 9.97 Å². The summed E-state index contributed by atoms with van der Waals surface area (Å²) < 4.78 is 0. The van der Waals surface area contributed by atoms with Crippen LogP contribution in [0.4, 0.5) is 11.6 Å². The van der Waals surface area contributed by atoms with Crippen LogP contribution in [0.25, 0.3) is 0 Å². The summed E-state index contributed by atoms with van der Waals surface area (Å²) in [6.45, 7) is 6.12. The van der Waals surface area contributed by atoms with Crippen LogP contribution in [0.15, 0.2) is 6.07 Å². The second kappa shape index (κ2) is 8.69. The Bertz CT molecular complexity index is 344. The summed E-state index contributed by atoms with van der Waals surface area (Å²) in [6, 6.07) is 1.94. The predicted octanol–water partition coefficient (Wildman–Crippen LogP) is 2.05. The highest BCUT2D eigenvalue weighted by molar-refractivity contribution is 5.47. The zero-order chi connectivity index (χ0) is 13.2. The van der Waals surface area contributed by atoms with E-state index >= 15 is 0 Å². The molecule has 0 aliphatic carbocycles. The fraction of sp³-hybridized carbons (Fsp3) is 0.692. The number of nitrogens with one attached hydrogen (secondary N) is 2. The normalized spacial score (nSPS) is 10.4. The van der Waals surface area contributed by atoms with E-state index in [1.807, 2.05) is 6.07 Å². The molecule has 102 valence electrons. The van der Waals surface area contributed by atoms with Gasteiger partial charge in [-0.05, 0) is 26.2 Å². The summed E-state index contributed by atoms with van der Waals surface area (Å²) in [5.74, 6) is 2.61. The molecule has 1 aromatic rings. The van der Waals surface area contributed by atoms with E-state index in [1.54, 1.807) is 0 Å². The molecule has 1 heterocycles. The van der Waals surface area contributed by atoms with E-state index in [1.165, 1.54) is 0 Å². The molecule has 0 fully saturated rings. The SMILES string of the molecule is CCNc1cc(NCCCCCO)nc(CC)n1. The molecule has 0 spiro atoms. The number of hydrogen-bond acceptors (Lipinski definition) is 5. The van der Waals surface area contributed by atoms with Crippen molar-refractivity contribution in [3.05, 3.63) is 11.9 Å². The molecule has 0 unspecified atom stereocenters. The third-order valence-electron chi connectivity index (χ3n) is 2.59. The van der Waals surface area contributed by atoms with Crippen LogP contribution in [-0.2, 0) is 6.42 Å². The molecular formula is C13H24N4O. The van der Waals surface area contributed by atoms with Crippen molar-refractivity contribution in [3.8, 4) is 0 Å². The first kappa shape index (κ1) is 14.7. The van der Waals surface area contributed by atoms with E-state index in [4.69, 9.17) is 5.11 Å². The van der Waals surface area contributed by atoms with Gasteiger partial charge in [-0.25, -0.2) is 9.97 Å². The van der Waals surface area contributed by atoms with E-state index in [0.29, 0.717) is 0 Å². The Kier molecular flexibility index (Phi) is 7.10. The maximum atomic E-state index is 8.70. The maximum Gasteiger partial charge on any atom is 0.132 e. The minimum Gasteiger partial charge on any atom is -0.396 e. The predicted molar refractivity (Wildman–Crippen MR) is 75.0 cm³/mol. The van der Waals surface area contributed by atoms with Crippen LogP contribution in [0.5, 0.6) is 0 Å². The van der Waals surface area contributed by atoms with Crippen LogP contribution in [0.1, 0.15) is 38.9 Å². The molecule has 0 aliphatic rings. The van der Waals surface area contributed by atoms with E-state index in [0.717, 1.165) is 56.2 Å². The number of rotatable bonds is 9. The standard InChI is InChI=1S/C13H24N4O/c1-3-11-16-12(14-4-2)10-13(17-11)15-8-6-5-7-9-18/h10,18H,3-9H2,1-2H3,(H2,14,15,16,17). The molecule has 1 rings (SSSR count). The van der Waals surface area contributed by atoms with Crippen LogP contribution >= 0.6 is 0 Å². The Labute approximate surface area is 109 Å². The molecule has 0 saturated heterocycles. The summed E-state index contributed by atoms with van der Waals surface area (Å²) >= 11 is 0. The number of unbranched alkanes of at least 4 members (excludes halogenated alkanes) is 2. The number of aliphatic hydroxyl groups is 1. The van der Waals surface area contributed by atoms with Gasteiger partial charge in [0.1, 0.15) is 17.5 Å². The summed E-state index contributed by atoms with van der Waals surface area (Å²) in [6.07, 6.45) is 3.78. The van der Waals surface area contributed by atoms with Crippen LogP contribution < -0.4 is 10.6 Å². The minimum atomic E-state index is 0.276. The van der Waals surface area contributed by atoms with Gasteiger partial charge in [0.25, 0.3) is 0 Å². The highest BCUT2D eigenvalue weighted by atomic mass is 16.2. The van der Waals surface area contributed by atoms with Gasteiger partial charge in [0, 0.05) is 32.2 Å². The van der Waals surface area contributed by atoms with E-state index in [2.05, 4.69) is 34.4 Å². The van der Waals surface area contributed by atoms with Crippen molar-refractivity contribution in [2.75, 3.05) is 30.3 Å². The molecule has 0 aliphatic heterocycles. The van der Waals surface area contributed by atoms with Gasteiger partial charge in [-0.15, -0.1) is 0 Å². The van der Waals surface area contributed by atoms with Gasteiger partial charge < -0.3 is 15.7 Å². The van der Waals surface area contributed by atoms with Gasteiger partial charge in [0.15, 0.2) is 0 Å². The Morgan fingerprint density at radius 3 is 2.39 bits per heavy atom. The Balaban J connectivity index is 2.50. The number of nitrogens with zero attached hydrogens (tertiary/aromatic N) is 2. The first-order chi connectivity index (χ1) is 8.80. The minimum absolute atomic E-state index is 0.276. The van der Waals surface area contributed by atoms with E-state index in [9.17, 15) is 0 Å². The molecule has 0 saturated carbocycles. The number of hydrogen-bond donors (Lipinski definition) is 3. The molecule has 0 bridgehead atoms. The molecule has 1 aromatic heterocycles. The number of aliphatic hydroxyl groups excluding tert-OH is 1. The Morgan fingerprint density at radius 2 is 1.78 bits per heavy atom. The summed E-state index contributed by atoms with van der Waals surface area (Å²) in [7, 11) is 0. The lowest BCUT2D eigenvalue weighted by Gasteiger charge is -2.09. The topological polar surface area (TPSA) is 70.1 Å². The lowest BCUT2D eigenvalue weighted by atomic mass is 10.2. The zero-order valence-electron chi connectivity index (χ0n) is 11.4. The lowest BCUT2D eigenvalue weighted by molar-refractivity contribution is 0.283. The molecule has 5 heteroatoms. The Hall–Kier alpha value is -1.36. The monoisotopic (exact) mass is 252 g/mol. The molecule has 18 heavy (non-hydrogen) atoms. The molecule has 5 nitrogen and oxygen atoms in total. The largest absolute Gasteiger partial charge is 0.396 e. The average molecular weight is 252 g/mol. The molecule has 0 amide bonds. The smallest absolute Gasteiger partial charge is 0.132 e. The summed E-state index contributed by atoms with van der Waals surface area (Å²) in [4.78, 5) is 8.84. The number of aryl methyl sites for hydroxylation is 1. The van der Waals surface area contributed by atoms with E-state index in [-0.39, 0.29) is 6.61 Å².